The van der Waals surface area contributed by atoms with Crippen LogP contribution in [0.2, 0.25) is 0 Å². The van der Waals surface area contributed by atoms with Crippen LogP contribution in [-0.2, 0) is 4.74 Å². The summed E-state index contributed by atoms with van der Waals surface area (Å²) in [4.78, 5) is 19.1. The summed E-state index contributed by atoms with van der Waals surface area (Å²) in [5, 5.41) is 5.88. The molecular weight excluding hydrogens is 399 g/mol. The maximum Gasteiger partial charge on any atom is 0.259 e. The Labute approximate surface area is 179 Å². The van der Waals surface area contributed by atoms with Crippen molar-refractivity contribution in [2.24, 2.45) is 0 Å². The van der Waals surface area contributed by atoms with Crippen LogP contribution in [0.4, 0.5) is 27.3 Å². The second-order valence-electron chi connectivity index (χ2n) is 6.94. The number of amides is 1. The second-order valence-corrected chi connectivity index (χ2v) is 6.94. The number of nitrogens with one attached hydrogen (secondary N) is 2. The lowest BCUT2D eigenvalue weighted by atomic mass is 10.2. The Hall–Kier alpha value is -3.65. The molecule has 0 radical (unpaired) electrons. The fraction of sp³-hybridized carbons (Fsp3) is 0.217. The Bertz CT molecular complexity index is 1070. The predicted octanol–water partition coefficient (Wildman–Crippen LogP) is 4.06. The van der Waals surface area contributed by atoms with Crippen molar-refractivity contribution in [3.05, 3.63) is 72.2 Å². The minimum Gasteiger partial charge on any atom is -0.495 e. The van der Waals surface area contributed by atoms with E-state index in [1.54, 1.807) is 37.6 Å². The van der Waals surface area contributed by atoms with E-state index < -0.39 is 11.7 Å². The molecule has 1 aliphatic rings. The first kappa shape index (κ1) is 20.6. The molecule has 8 heteroatoms. The molecule has 160 valence electrons. The van der Waals surface area contributed by atoms with Gasteiger partial charge in [0, 0.05) is 25.0 Å². The van der Waals surface area contributed by atoms with Crippen molar-refractivity contribution in [1.29, 1.82) is 0 Å². The summed E-state index contributed by atoms with van der Waals surface area (Å²) in [6.07, 6.45) is 1.59. The Kier molecular flexibility index (Phi) is 6.28. The zero-order valence-electron chi connectivity index (χ0n) is 17.1. The van der Waals surface area contributed by atoms with Crippen LogP contribution < -0.4 is 20.3 Å². The van der Waals surface area contributed by atoms with Crippen LogP contribution in [0.5, 0.6) is 5.75 Å². The largest absolute Gasteiger partial charge is 0.495 e. The molecule has 0 saturated carbocycles. The normalized spacial score (nSPS) is 13.5. The Balaban J connectivity index is 1.52. The van der Waals surface area contributed by atoms with Gasteiger partial charge in [-0.05, 0) is 42.5 Å². The van der Waals surface area contributed by atoms with Crippen molar-refractivity contribution in [2.45, 2.75) is 0 Å². The third-order valence-electron chi connectivity index (χ3n) is 4.97. The summed E-state index contributed by atoms with van der Waals surface area (Å²) in [5.41, 5.74) is 1.87. The highest BCUT2D eigenvalue weighted by Gasteiger charge is 2.18. The maximum absolute atomic E-state index is 14.7. The molecule has 31 heavy (non-hydrogen) atoms. The Morgan fingerprint density at radius 2 is 1.94 bits per heavy atom. The monoisotopic (exact) mass is 422 g/mol. The number of para-hydroxylation sites is 2. The second kappa shape index (κ2) is 9.44. The van der Waals surface area contributed by atoms with E-state index in [0.29, 0.717) is 60.5 Å². The number of hydrogen-bond donors (Lipinski definition) is 2. The highest BCUT2D eigenvalue weighted by atomic mass is 19.1. The molecule has 2 aromatic carbocycles. The van der Waals surface area contributed by atoms with Crippen molar-refractivity contribution in [2.75, 3.05) is 48.9 Å². The minimum absolute atomic E-state index is 0.325. The maximum atomic E-state index is 14.7. The molecule has 1 aliphatic heterocycles. The van der Waals surface area contributed by atoms with Crippen LogP contribution in [0.25, 0.3) is 0 Å². The van der Waals surface area contributed by atoms with Gasteiger partial charge in [0.1, 0.15) is 17.4 Å². The summed E-state index contributed by atoms with van der Waals surface area (Å²) in [6.45, 7) is 2.41. The number of methoxy groups -OCH3 is 1. The number of pyridine rings is 1. The van der Waals surface area contributed by atoms with Gasteiger partial charge in [0.15, 0.2) is 0 Å². The topological polar surface area (TPSA) is 75.7 Å². The number of carbonyl (C=O) groups excluding carboxylic acids is 1. The van der Waals surface area contributed by atoms with Crippen LogP contribution in [0.3, 0.4) is 0 Å². The lowest BCUT2D eigenvalue weighted by molar-refractivity contribution is 0.102. The zero-order valence-corrected chi connectivity index (χ0v) is 17.1. The summed E-state index contributed by atoms with van der Waals surface area (Å²) >= 11 is 0. The summed E-state index contributed by atoms with van der Waals surface area (Å²) in [7, 11) is 1.57. The van der Waals surface area contributed by atoms with Crippen molar-refractivity contribution < 1.29 is 18.7 Å². The summed E-state index contributed by atoms with van der Waals surface area (Å²) in [6, 6.07) is 15.4. The number of benzene rings is 2. The number of nitrogens with zero attached hydrogens (tertiary/aromatic N) is 2. The van der Waals surface area contributed by atoms with Crippen LogP contribution in [0.15, 0.2) is 60.8 Å². The standard InChI is InChI=1S/C23H23FN4O3/c1-30-21-7-3-2-6-19(21)27-22-17(5-4-10-25-22)23(29)26-16-8-9-20(18(24)15-16)28-11-13-31-14-12-28/h2-10,15H,11-14H2,1H3,(H,25,27)(H,26,29). The number of aromatic nitrogens is 1. The molecule has 1 saturated heterocycles. The fourth-order valence-corrected chi connectivity index (χ4v) is 3.41. The molecular formula is C23H23FN4O3. The third-order valence-corrected chi connectivity index (χ3v) is 4.97. The van der Waals surface area contributed by atoms with Gasteiger partial charge in [0.05, 0.1) is 37.3 Å². The number of carbonyl (C=O) groups is 1. The number of ether oxygens (including phenoxy) is 2. The van der Waals surface area contributed by atoms with E-state index in [0.717, 1.165) is 0 Å². The zero-order chi connectivity index (χ0) is 21.6. The van der Waals surface area contributed by atoms with Crippen LogP contribution >= 0.6 is 0 Å². The van der Waals surface area contributed by atoms with Gasteiger partial charge in [0.2, 0.25) is 0 Å². The summed E-state index contributed by atoms with van der Waals surface area (Å²) < 4.78 is 25.3. The van der Waals surface area contributed by atoms with Crippen LogP contribution in [-0.4, -0.2) is 44.3 Å². The Morgan fingerprint density at radius 3 is 2.71 bits per heavy atom. The molecule has 1 aromatic heterocycles. The van der Waals surface area contributed by atoms with Crippen molar-refractivity contribution in [3.63, 3.8) is 0 Å². The average molecular weight is 422 g/mol. The van der Waals surface area contributed by atoms with E-state index in [2.05, 4.69) is 15.6 Å². The van der Waals surface area contributed by atoms with Crippen LogP contribution in [0.1, 0.15) is 10.4 Å². The molecule has 0 spiro atoms. The highest BCUT2D eigenvalue weighted by Crippen LogP contribution is 2.28. The van der Waals surface area contributed by atoms with Gasteiger partial charge < -0.3 is 25.0 Å². The molecule has 1 fully saturated rings. The molecule has 0 aliphatic carbocycles. The number of morpholine rings is 1. The van der Waals surface area contributed by atoms with Gasteiger partial charge in [-0.3, -0.25) is 4.79 Å². The van der Waals surface area contributed by atoms with Gasteiger partial charge >= 0.3 is 0 Å². The Morgan fingerprint density at radius 1 is 1.13 bits per heavy atom. The van der Waals surface area contributed by atoms with E-state index in [1.165, 1.54) is 6.07 Å². The first-order valence-electron chi connectivity index (χ1n) is 9.94. The predicted molar refractivity (Wildman–Crippen MR) is 118 cm³/mol. The van der Waals surface area contributed by atoms with E-state index in [4.69, 9.17) is 9.47 Å². The molecule has 3 aromatic rings. The number of rotatable bonds is 6. The quantitative estimate of drug-likeness (QED) is 0.624. The lowest BCUT2D eigenvalue weighted by Gasteiger charge is -2.29. The fourth-order valence-electron chi connectivity index (χ4n) is 3.41. The first-order valence-corrected chi connectivity index (χ1v) is 9.94. The van der Waals surface area contributed by atoms with E-state index in [1.807, 2.05) is 29.2 Å². The van der Waals surface area contributed by atoms with Gasteiger partial charge in [-0.15, -0.1) is 0 Å². The molecule has 2 heterocycles. The highest BCUT2D eigenvalue weighted by molar-refractivity contribution is 6.08. The molecule has 7 nitrogen and oxygen atoms in total. The smallest absolute Gasteiger partial charge is 0.259 e. The molecule has 0 atom stereocenters. The molecule has 2 N–H and O–H groups in total. The molecule has 0 unspecified atom stereocenters. The van der Waals surface area contributed by atoms with E-state index in [-0.39, 0.29) is 0 Å². The van der Waals surface area contributed by atoms with Crippen molar-refractivity contribution in [3.8, 4) is 5.75 Å². The lowest BCUT2D eigenvalue weighted by Crippen LogP contribution is -2.36. The van der Waals surface area contributed by atoms with Gasteiger partial charge in [0.25, 0.3) is 5.91 Å². The molecule has 4 rings (SSSR count). The van der Waals surface area contributed by atoms with E-state index >= 15 is 0 Å². The first-order chi connectivity index (χ1) is 15.2. The number of hydrogen-bond acceptors (Lipinski definition) is 6. The van der Waals surface area contributed by atoms with Gasteiger partial charge in [-0.1, -0.05) is 12.1 Å². The molecule has 1 amide bonds. The number of anilines is 4. The minimum atomic E-state index is -0.399. The van der Waals surface area contributed by atoms with Crippen molar-refractivity contribution >= 4 is 28.8 Å². The van der Waals surface area contributed by atoms with E-state index in [9.17, 15) is 9.18 Å². The van der Waals surface area contributed by atoms with Crippen molar-refractivity contribution in [1.82, 2.24) is 4.98 Å². The van der Waals surface area contributed by atoms with Crippen LogP contribution in [0, 0.1) is 5.82 Å². The van der Waals surface area contributed by atoms with Gasteiger partial charge in [-0.25, -0.2) is 9.37 Å². The average Bonchev–Trinajstić information content (AvgIpc) is 2.80. The molecule has 0 bridgehead atoms. The number of halogens is 1. The van der Waals surface area contributed by atoms with Gasteiger partial charge in [-0.2, -0.15) is 0 Å². The summed E-state index contributed by atoms with van der Waals surface area (Å²) in [5.74, 6) is 0.206. The third kappa shape index (κ3) is 4.75. The SMILES string of the molecule is COc1ccccc1Nc1ncccc1C(=O)Nc1ccc(N2CCOCC2)c(F)c1.